The number of fused-ring (bicyclic) bond motifs is 1. The van der Waals surface area contributed by atoms with Gasteiger partial charge in [0.25, 0.3) is 5.91 Å². The Balaban J connectivity index is 1.57. The lowest BCUT2D eigenvalue weighted by atomic mass is 9.79. The number of hydrogen-bond acceptors (Lipinski definition) is 4. The van der Waals surface area contributed by atoms with Gasteiger partial charge in [-0.2, -0.15) is 13.2 Å². The molecule has 2 aromatic rings. The van der Waals surface area contributed by atoms with Crippen molar-refractivity contribution in [2.75, 3.05) is 0 Å². The van der Waals surface area contributed by atoms with Crippen LogP contribution in [0.3, 0.4) is 0 Å². The maximum absolute atomic E-state index is 12.8. The van der Waals surface area contributed by atoms with E-state index in [1.54, 1.807) is 13.0 Å². The molecule has 1 saturated heterocycles. The number of rotatable bonds is 3. The minimum Gasteiger partial charge on any atom is -0.457 e. The molecule has 0 radical (unpaired) electrons. The minimum atomic E-state index is -4.40. The summed E-state index contributed by atoms with van der Waals surface area (Å²) in [5.41, 5.74) is 1.55. The Morgan fingerprint density at radius 3 is 2.59 bits per heavy atom. The van der Waals surface area contributed by atoms with Gasteiger partial charge in [-0.25, -0.2) is 4.79 Å². The van der Waals surface area contributed by atoms with Crippen molar-refractivity contribution in [3.63, 3.8) is 0 Å². The number of carbonyl (C=O) groups excluding carboxylic acids is 2. The van der Waals surface area contributed by atoms with Gasteiger partial charge in [-0.1, -0.05) is 6.07 Å². The van der Waals surface area contributed by atoms with E-state index < -0.39 is 29.8 Å². The zero-order valence-electron chi connectivity index (χ0n) is 15.5. The number of halogens is 3. The summed E-state index contributed by atoms with van der Waals surface area (Å²) in [7, 11) is 0. The van der Waals surface area contributed by atoms with Crippen molar-refractivity contribution < 1.29 is 32.2 Å². The number of alkyl carbamates (subject to hydrolysis) is 1. The van der Waals surface area contributed by atoms with Gasteiger partial charge < -0.3 is 9.47 Å². The summed E-state index contributed by atoms with van der Waals surface area (Å²) in [6, 6.07) is 8.72. The third-order valence-corrected chi connectivity index (χ3v) is 5.29. The molecule has 152 valence electrons. The Labute approximate surface area is 164 Å². The summed E-state index contributed by atoms with van der Waals surface area (Å²) in [5, 5.41) is 2.16. The first-order chi connectivity index (χ1) is 13.7. The fraction of sp³-hybridized carbons (Fsp3) is 0.333. The smallest absolute Gasteiger partial charge is 0.416 e. The van der Waals surface area contributed by atoms with Crippen molar-refractivity contribution in [1.82, 2.24) is 5.32 Å². The van der Waals surface area contributed by atoms with Crippen molar-refractivity contribution in [3.05, 3.63) is 58.7 Å². The summed E-state index contributed by atoms with van der Waals surface area (Å²) in [4.78, 5) is 23.3. The first-order valence-electron chi connectivity index (χ1n) is 9.22. The van der Waals surface area contributed by atoms with Crippen LogP contribution >= 0.6 is 0 Å². The third-order valence-electron chi connectivity index (χ3n) is 5.29. The zero-order chi connectivity index (χ0) is 20.8. The number of alkyl halides is 3. The standard InChI is InChI=1S/C21H18F3NO4/c1-11-9-13(21(22,23)24)5-8-17(11)28-14-6-7-15-12(10-14)3-2-4-16(15)18-19(26)25-20(27)29-18/h5-10,16,18H,2-4H2,1H3,(H,25,26,27)/t16-,18-/m1/s1. The molecule has 8 heteroatoms. The van der Waals surface area contributed by atoms with Crippen LogP contribution in [0, 0.1) is 6.92 Å². The molecule has 1 aliphatic carbocycles. The quantitative estimate of drug-likeness (QED) is 0.792. The largest absolute Gasteiger partial charge is 0.457 e. The van der Waals surface area contributed by atoms with E-state index in [0.717, 1.165) is 42.5 Å². The molecule has 0 saturated carbocycles. The topological polar surface area (TPSA) is 64.6 Å². The number of ether oxygens (including phenoxy) is 2. The highest BCUT2D eigenvalue weighted by molar-refractivity contribution is 6.00. The zero-order valence-corrected chi connectivity index (χ0v) is 15.5. The molecule has 1 fully saturated rings. The number of imide groups is 1. The highest BCUT2D eigenvalue weighted by Gasteiger charge is 2.41. The summed E-state index contributed by atoms with van der Waals surface area (Å²) < 4.78 is 49.4. The number of benzene rings is 2. The molecule has 1 aliphatic heterocycles. The molecule has 2 aliphatic rings. The number of carbonyl (C=O) groups is 2. The molecule has 0 spiro atoms. The van der Waals surface area contributed by atoms with E-state index in [4.69, 9.17) is 9.47 Å². The predicted molar refractivity (Wildman–Crippen MR) is 96.8 cm³/mol. The second-order valence-electron chi connectivity index (χ2n) is 7.25. The van der Waals surface area contributed by atoms with Crippen LogP contribution in [0.5, 0.6) is 11.5 Å². The Kier molecular flexibility index (Phi) is 4.72. The second kappa shape index (κ2) is 7.09. The number of aryl methyl sites for hydroxylation is 2. The van der Waals surface area contributed by atoms with E-state index in [0.29, 0.717) is 17.1 Å². The molecular weight excluding hydrogens is 387 g/mol. The molecule has 0 aromatic heterocycles. The van der Waals surface area contributed by atoms with Gasteiger partial charge in [-0.3, -0.25) is 10.1 Å². The van der Waals surface area contributed by atoms with E-state index in [1.807, 2.05) is 12.1 Å². The van der Waals surface area contributed by atoms with Crippen LogP contribution in [0.4, 0.5) is 18.0 Å². The van der Waals surface area contributed by atoms with E-state index in [9.17, 15) is 22.8 Å². The molecule has 1 N–H and O–H groups in total. The van der Waals surface area contributed by atoms with Gasteiger partial charge in [0.2, 0.25) is 0 Å². The molecule has 0 unspecified atom stereocenters. The van der Waals surface area contributed by atoms with Gasteiger partial charge in [-0.15, -0.1) is 0 Å². The van der Waals surface area contributed by atoms with Gasteiger partial charge >= 0.3 is 12.3 Å². The van der Waals surface area contributed by atoms with Gasteiger partial charge in [0.15, 0.2) is 6.10 Å². The molecule has 2 aromatic carbocycles. The number of amides is 2. The van der Waals surface area contributed by atoms with Crippen molar-refractivity contribution in [1.29, 1.82) is 0 Å². The fourth-order valence-electron chi connectivity index (χ4n) is 3.91. The number of hydrogen-bond donors (Lipinski definition) is 1. The third kappa shape index (κ3) is 3.79. The molecular formula is C21H18F3NO4. The Bertz CT molecular complexity index is 986. The summed E-state index contributed by atoms with van der Waals surface area (Å²) in [6.45, 7) is 1.56. The minimum absolute atomic E-state index is 0.230. The fourth-order valence-corrected chi connectivity index (χ4v) is 3.91. The predicted octanol–water partition coefficient (Wildman–Crippen LogP) is 4.86. The first-order valence-corrected chi connectivity index (χ1v) is 9.22. The van der Waals surface area contributed by atoms with Gasteiger partial charge in [0.1, 0.15) is 11.5 Å². The Morgan fingerprint density at radius 1 is 1.14 bits per heavy atom. The molecule has 5 nitrogen and oxygen atoms in total. The number of nitrogens with one attached hydrogen (secondary N) is 1. The maximum Gasteiger partial charge on any atom is 0.416 e. The van der Waals surface area contributed by atoms with Gasteiger partial charge in [0.05, 0.1) is 5.56 Å². The summed E-state index contributed by atoms with van der Waals surface area (Å²) in [6.07, 6.45) is -3.66. The highest BCUT2D eigenvalue weighted by atomic mass is 19.4. The summed E-state index contributed by atoms with van der Waals surface area (Å²) in [5.74, 6) is 0.176. The van der Waals surface area contributed by atoms with Crippen LogP contribution in [0.2, 0.25) is 0 Å². The van der Waals surface area contributed by atoms with Crippen molar-refractivity contribution in [3.8, 4) is 11.5 Å². The molecule has 2 atom stereocenters. The average Bonchev–Trinajstić information content (AvgIpc) is 3.00. The SMILES string of the molecule is Cc1cc(C(F)(F)F)ccc1Oc1ccc2c(c1)CCC[C@H]2[C@H]1OC(=O)NC1=O. The van der Waals surface area contributed by atoms with Crippen LogP contribution in [0.15, 0.2) is 36.4 Å². The van der Waals surface area contributed by atoms with E-state index in [-0.39, 0.29) is 5.92 Å². The second-order valence-corrected chi connectivity index (χ2v) is 7.25. The van der Waals surface area contributed by atoms with E-state index >= 15 is 0 Å². The maximum atomic E-state index is 12.8. The van der Waals surface area contributed by atoms with Crippen LogP contribution < -0.4 is 10.1 Å². The molecule has 4 rings (SSSR count). The van der Waals surface area contributed by atoms with E-state index in [2.05, 4.69) is 5.32 Å². The lowest BCUT2D eigenvalue weighted by molar-refractivity contribution is -0.137. The van der Waals surface area contributed by atoms with Crippen LogP contribution in [-0.2, 0) is 22.1 Å². The molecule has 1 heterocycles. The molecule has 29 heavy (non-hydrogen) atoms. The average molecular weight is 405 g/mol. The molecule has 0 bridgehead atoms. The highest BCUT2D eigenvalue weighted by Crippen LogP contribution is 2.39. The Hall–Kier alpha value is -3.03. The van der Waals surface area contributed by atoms with Crippen molar-refractivity contribution in [2.45, 2.75) is 44.4 Å². The van der Waals surface area contributed by atoms with Crippen molar-refractivity contribution in [2.24, 2.45) is 0 Å². The Morgan fingerprint density at radius 2 is 1.93 bits per heavy atom. The lowest BCUT2D eigenvalue weighted by Gasteiger charge is -2.28. The van der Waals surface area contributed by atoms with Crippen LogP contribution in [-0.4, -0.2) is 18.1 Å². The summed E-state index contributed by atoms with van der Waals surface area (Å²) >= 11 is 0. The van der Waals surface area contributed by atoms with Crippen molar-refractivity contribution >= 4 is 12.0 Å². The van der Waals surface area contributed by atoms with Crippen LogP contribution in [0.1, 0.15) is 41.0 Å². The number of cyclic esters (lactones) is 1. The lowest BCUT2D eigenvalue weighted by Crippen LogP contribution is -2.31. The van der Waals surface area contributed by atoms with Crippen LogP contribution in [0.25, 0.3) is 0 Å². The normalized spacial score (nSPS) is 21.4. The first kappa shape index (κ1) is 19.3. The van der Waals surface area contributed by atoms with E-state index in [1.165, 1.54) is 6.07 Å². The monoisotopic (exact) mass is 405 g/mol. The van der Waals surface area contributed by atoms with Gasteiger partial charge in [0, 0.05) is 5.92 Å². The molecule has 2 amide bonds. The van der Waals surface area contributed by atoms with Gasteiger partial charge in [-0.05, 0) is 73.2 Å².